The van der Waals surface area contributed by atoms with E-state index in [0.29, 0.717) is 12.8 Å². The van der Waals surface area contributed by atoms with Crippen LogP contribution in [0.2, 0.25) is 0 Å². The highest BCUT2D eigenvalue weighted by Gasteiger charge is 2.38. The molecule has 1 aliphatic rings. The molecule has 0 aliphatic carbocycles. The third-order valence-corrected chi connectivity index (χ3v) is 5.21. The molecule has 1 heterocycles. The summed E-state index contributed by atoms with van der Waals surface area (Å²) in [6.45, 7) is 1.40. The number of aliphatic carboxylic acids is 1. The van der Waals surface area contributed by atoms with Crippen LogP contribution in [0.25, 0.3) is 0 Å². The minimum absolute atomic E-state index is 0.0843. The molecule has 1 fully saturated rings. The highest BCUT2D eigenvalue weighted by atomic mass is 32.2. The number of methoxy groups -OCH3 is 1. The summed E-state index contributed by atoms with van der Waals surface area (Å²) in [4.78, 5) is 22.1. The standard InChI is InChI=1S/C10H17NO6S/c1-7(10(14)17-2)18(15,16)11-5-3-4-8(6-11)9(12)13/h7-8H,3-6H2,1-2H3,(H,12,13). The number of nitrogens with zero attached hydrogens (tertiary/aromatic N) is 1. The first kappa shape index (κ1) is 14.9. The van der Waals surface area contributed by atoms with Crippen molar-refractivity contribution in [3.8, 4) is 0 Å². The van der Waals surface area contributed by atoms with Gasteiger partial charge in [0.05, 0.1) is 13.0 Å². The molecule has 18 heavy (non-hydrogen) atoms. The smallest absolute Gasteiger partial charge is 0.325 e. The zero-order chi connectivity index (χ0) is 13.9. The monoisotopic (exact) mass is 279 g/mol. The molecule has 104 valence electrons. The summed E-state index contributed by atoms with van der Waals surface area (Å²) in [5, 5.41) is 7.59. The average Bonchev–Trinajstić information content (AvgIpc) is 2.36. The van der Waals surface area contributed by atoms with Crippen LogP contribution in [0.1, 0.15) is 19.8 Å². The highest BCUT2D eigenvalue weighted by molar-refractivity contribution is 7.90. The number of esters is 1. The van der Waals surface area contributed by atoms with Crippen LogP contribution in [0.3, 0.4) is 0 Å². The number of carbonyl (C=O) groups is 2. The molecule has 0 saturated carbocycles. The molecule has 1 aliphatic heterocycles. The van der Waals surface area contributed by atoms with Gasteiger partial charge in [-0.25, -0.2) is 12.7 Å². The number of hydrogen-bond acceptors (Lipinski definition) is 5. The second-order valence-corrected chi connectivity index (χ2v) is 6.50. The van der Waals surface area contributed by atoms with Gasteiger partial charge in [0.25, 0.3) is 0 Å². The van der Waals surface area contributed by atoms with E-state index in [0.717, 1.165) is 11.4 Å². The number of sulfonamides is 1. The lowest BCUT2D eigenvalue weighted by molar-refractivity contribution is -0.142. The first-order valence-corrected chi connectivity index (χ1v) is 7.10. The van der Waals surface area contributed by atoms with Crippen LogP contribution in [0.5, 0.6) is 0 Å². The number of piperidine rings is 1. The van der Waals surface area contributed by atoms with Gasteiger partial charge in [0, 0.05) is 13.1 Å². The van der Waals surface area contributed by atoms with Crippen molar-refractivity contribution < 1.29 is 27.9 Å². The van der Waals surface area contributed by atoms with Crippen LogP contribution < -0.4 is 0 Å². The Labute approximate surface area is 106 Å². The zero-order valence-corrected chi connectivity index (χ0v) is 11.1. The lowest BCUT2D eigenvalue weighted by atomic mass is 10.0. The maximum absolute atomic E-state index is 12.1. The maximum Gasteiger partial charge on any atom is 0.325 e. The van der Waals surface area contributed by atoms with Crippen LogP contribution in [0.4, 0.5) is 0 Å². The summed E-state index contributed by atoms with van der Waals surface area (Å²) in [6, 6.07) is 0. The van der Waals surface area contributed by atoms with Crippen LogP contribution >= 0.6 is 0 Å². The van der Waals surface area contributed by atoms with E-state index in [4.69, 9.17) is 5.11 Å². The Balaban J connectivity index is 2.85. The van der Waals surface area contributed by atoms with Gasteiger partial charge in [-0.3, -0.25) is 9.59 Å². The number of ether oxygens (including phenoxy) is 1. The van der Waals surface area contributed by atoms with Gasteiger partial charge in [0.1, 0.15) is 0 Å². The lowest BCUT2D eigenvalue weighted by Gasteiger charge is -2.31. The molecule has 1 N–H and O–H groups in total. The summed E-state index contributed by atoms with van der Waals surface area (Å²) < 4.78 is 29.6. The zero-order valence-electron chi connectivity index (χ0n) is 10.3. The van der Waals surface area contributed by atoms with Crippen molar-refractivity contribution in [2.24, 2.45) is 5.92 Å². The van der Waals surface area contributed by atoms with E-state index < -0.39 is 33.1 Å². The summed E-state index contributed by atoms with van der Waals surface area (Å²) >= 11 is 0. The number of carbonyl (C=O) groups excluding carboxylic acids is 1. The second-order valence-electron chi connectivity index (χ2n) is 4.25. The van der Waals surface area contributed by atoms with Gasteiger partial charge in [-0.1, -0.05) is 0 Å². The SMILES string of the molecule is COC(=O)C(C)S(=O)(=O)N1CCCC(C(=O)O)C1. The van der Waals surface area contributed by atoms with Crippen molar-refractivity contribution in [2.75, 3.05) is 20.2 Å². The fourth-order valence-corrected chi connectivity index (χ4v) is 3.44. The Morgan fingerprint density at radius 3 is 2.56 bits per heavy atom. The van der Waals surface area contributed by atoms with E-state index in [2.05, 4.69) is 4.74 Å². The summed E-state index contributed by atoms with van der Waals surface area (Å²) in [6.07, 6.45) is 0.929. The number of rotatable bonds is 4. The van der Waals surface area contributed by atoms with Crippen molar-refractivity contribution in [1.29, 1.82) is 0 Å². The summed E-state index contributed by atoms with van der Waals surface area (Å²) in [7, 11) is -2.73. The third kappa shape index (κ3) is 2.99. The van der Waals surface area contributed by atoms with E-state index in [9.17, 15) is 18.0 Å². The molecule has 0 aromatic heterocycles. The van der Waals surface area contributed by atoms with E-state index in [-0.39, 0.29) is 13.1 Å². The van der Waals surface area contributed by atoms with Gasteiger partial charge >= 0.3 is 11.9 Å². The topological polar surface area (TPSA) is 101 Å². The molecule has 0 aromatic rings. The van der Waals surface area contributed by atoms with E-state index in [1.54, 1.807) is 0 Å². The van der Waals surface area contributed by atoms with Crippen molar-refractivity contribution in [1.82, 2.24) is 4.31 Å². The molecule has 0 amide bonds. The predicted molar refractivity (Wildman–Crippen MR) is 62.3 cm³/mol. The van der Waals surface area contributed by atoms with Crippen LogP contribution in [-0.4, -0.2) is 55.2 Å². The molecule has 0 aromatic carbocycles. The van der Waals surface area contributed by atoms with Gasteiger partial charge in [-0.2, -0.15) is 0 Å². The van der Waals surface area contributed by atoms with Crippen molar-refractivity contribution in [3.05, 3.63) is 0 Å². The molecule has 2 atom stereocenters. The largest absolute Gasteiger partial charge is 0.481 e. The molecule has 1 saturated heterocycles. The predicted octanol–water partition coefficient (Wildman–Crippen LogP) is -0.326. The van der Waals surface area contributed by atoms with Crippen molar-refractivity contribution in [3.63, 3.8) is 0 Å². The quantitative estimate of drug-likeness (QED) is 0.707. The minimum atomic E-state index is -3.84. The number of carboxylic acid groups (broad SMARTS) is 1. The van der Waals surface area contributed by atoms with Gasteiger partial charge in [-0.15, -0.1) is 0 Å². The third-order valence-electron chi connectivity index (χ3n) is 3.07. The lowest BCUT2D eigenvalue weighted by Crippen LogP contribution is -2.47. The van der Waals surface area contributed by atoms with Gasteiger partial charge in [-0.05, 0) is 19.8 Å². The van der Waals surface area contributed by atoms with Crippen molar-refractivity contribution in [2.45, 2.75) is 25.0 Å². The van der Waals surface area contributed by atoms with Crippen LogP contribution in [0.15, 0.2) is 0 Å². The number of hydrogen-bond donors (Lipinski definition) is 1. The Bertz CT molecular complexity index is 432. The maximum atomic E-state index is 12.1. The molecular weight excluding hydrogens is 262 g/mol. The highest BCUT2D eigenvalue weighted by Crippen LogP contribution is 2.21. The first-order chi connectivity index (χ1) is 8.30. The summed E-state index contributed by atoms with van der Waals surface area (Å²) in [5.74, 6) is -2.56. The molecule has 1 rings (SSSR count). The van der Waals surface area contributed by atoms with Crippen molar-refractivity contribution >= 4 is 22.0 Å². The molecule has 0 radical (unpaired) electrons. The molecule has 0 bridgehead atoms. The Kier molecular flexibility index (Phi) is 4.69. The molecular formula is C10H17NO6S. The van der Waals surface area contributed by atoms with Crippen LogP contribution in [-0.2, 0) is 24.3 Å². The minimum Gasteiger partial charge on any atom is -0.481 e. The molecule has 0 spiro atoms. The van der Waals surface area contributed by atoms with E-state index in [1.807, 2.05) is 0 Å². The molecule has 7 nitrogen and oxygen atoms in total. The Morgan fingerprint density at radius 1 is 1.44 bits per heavy atom. The Hall–Kier alpha value is -1.15. The van der Waals surface area contributed by atoms with Gasteiger partial charge in [0.2, 0.25) is 10.0 Å². The van der Waals surface area contributed by atoms with E-state index >= 15 is 0 Å². The van der Waals surface area contributed by atoms with Crippen LogP contribution in [0, 0.1) is 5.92 Å². The second kappa shape index (κ2) is 5.66. The van der Waals surface area contributed by atoms with Gasteiger partial charge in [0.15, 0.2) is 5.25 Å². The molecule has 8 heteroatoms. The number of carboxylic acids is 1. The summed E-state index contributed by atoms with van der Waals surface area (Å²) in [5.41, 5.74) is 0. The average molecular weight is 279 g/mol. The normalized spacial score (nSPS) is 23.3. The van der Waals surface area contributed by atoms with Gasteiger partial charge < -0.3 is 9.84 Å². The fourth-order valence-electron chi connectivity index (χ4n) is 1.89. The fraction of sp³-hybridized carbons (Fsp3) is 0.800. The Morgan fingerprint density at radius 2 is 2.06 bits per heavy atom. The first-order valence-electron chi connectivity index (χ1n) is 5.60. The van der Waals surface area contributed by atoms with E-state index in [1.165, 1.54) is 6.92 Å². The molecule has 2 unspecified atom stereocenters.